The van der Waals surface area contributed by atoms with E-state index in [2.05, 4.69) is 35.0 Å². The molecule has 1 N–H and O–H groups in total. The van der Waals surface area contributed by atoms with Crippen LogP contribution in [0.25, 0.3) is 11.1 Å². The summed E-state index contributed by atoms with van der Waals surface area (Å²) in [5, 5.41) is 7.13. The summed E-state index contributed by atoms with van der Waals surface area (Å²) in [6, 6.07) is 18.2. The van der Waals surface area contributed by atoms with Crippen LogP contribution in [0.3, 0.4) is 0 Å². The third-order valence-corrected chi connectivity index (χ3v) is 4.05. The predicted molar refractivity (Wildman–Crippen MR) is 98.5 cm³/mol. The highest BCUT2D eigenvalue weighted by Gasteiger charge is 2.17. The number of hydrogen-bond donors (Lipinski definition) is 1. The molecule has 1 heterocycles. The van der Waals surface area contributed by atoms with E-state index in [1.54, 1.807) is 6.08 Å². The van der Waals surface area contributed by atoms with Crippen LogP contribution < -0.4 is 4.74 Å². The molecule has 0 radical (unpaired) electrons. The zero-order valence-corrected chi connectivity index (χ0v) is 14.3. The van der Waals surface area contributed by atoms with E-state index >= 15 is 0 Å². The molecule has 3 aromatic rings. The van der Waals surface area contributed by atoms with E-state index in [4.69, 9.17) is 17.0 Å². The van der Waals surface area contributed by atoms with Crippen molar-refractivity contribution in [2.45, 2.75) is 19.6 Å². The van der Waals surface area contributed by atoms with E-state index in [9.17, 15) is 0 Å². The Morgan fingerprint density at radius 1 is 1.21 bits per heavy atom. The number of ether oxygens (including phenoxy) is 1. The summed E-state index contributed by atoms with van der Waals surface area (Å²) < 4.78 is 8.66. The summed E-state index contributed by atoms with van der Waals surface area (Å²) >= 11 is 5.27. The predicted octanol–water partition coefficient (Wildman–Crippen LogP) is 4.93. The van der Waals surface area contributed by atoms with Gasteiger partial charge in [-0.05, 0) is 30.8 Å². The van der Waals surface area contributed by atoms with E-state index in [0.29, 0.717) is 11.3 Å². The second kappa shape index (κ2) is 7.27. The molecule has 2 aromatic carbocycles. The lowest BCUT2D eigenvalue weighted by Gasteiger charge is -2.17. The number of para-hydroxylation sites is 1. The van der Waals surface area contributed by atoms with Crippen LogP contribution in [0.15, 0.2) is 67.3 Å². The summed E-state index contributed by atoms with van der Waals surface area (Å²) in [5.41, 5.74) is 2.17. The summed E-state index contributed by atoms with van der Waals surface area (Å²) in [4.78, 5) is 0. The minimum atomic E-state index is -0.247. The van der Waals surface area contributed by atoms with Crippen molar-refractivity contribution in [1.82, 2.24) is 14.8 Å². The summed E-state index contributed by atoms with van der Waals surface area (Å²) in [6.07, 6.45) is 1.54. The second-order valence-electron chi connectivity index (χ2n) is 5.41. The summed E-state index contributed by atoms with van der Waals surface area (Å²) in [5.74, 6) is 1.57. The summed E-state index contributed by atoms with van der Waals surface area (Å²) in [6.45, 7) is 6.33. The summed E-state index contributed by atoms with van der Waals surface area (Å²) in [7, 11) is 0. The zero-order valence-electron chi connectivity index (χ0n) is 13.5. The molecule has 122 valence electrons. The monoisotopic (exact) mass is 337 g/mol. The Balaban J connectivity index is 1.92. The van der Waals surface area contributed by atoms with Crippen molar-refractivity contribution in [3.63, 3.8) is 0 Å². The normalized spacial score (nSPS) is 11.9. The van der Waals surface area contributed by atoms with Gasteiger partial charge in [0, 0.05) is 12.1 Å². The van der Waals surface area contributed by atoms with Gasteiger partial charge in [-0.15, -0.1) is 6.58 Å². The minimum absolute atomic E-state index is 0.247. The second-order valence-corrected chi connectivity index (χ2v) is 5.80. The number of allylic oxidation sites excluding steroid dienone is 1. The van der Waals surface area contributed by atoms with Crippen molar-refractivity contribution in [3.8, 4) is 16.9 Å². The fourth-order valence-corrected chi connectivity index (χ4v) is 2.83. The molecule has 0 bridgehead atoms. The molecule has 3 rings (SSSR count). The number of hydrogen-bond acceptors (Lipinski definition) is 3. The van der Waals surface area contributed by atoms with E-state index in [-0.39, 0.29) is 6.10 Å². The maximum absolute atomic E-state index is 6.20. The molecule has 1 unspecified atom stereocenters. The van der Waals surface area contributed by atoms with Gasteiger partial charge < -0.3 is 4.74 Å². The number of aromatic nitrogens is 3. The molecular weight excluding hydrogens is 318 g/mol. The van der Waals surface area contributed by atoms with Gasteiger partial charge in [0.2, 0.25) is 0 Å². The SMILES string of the molecule is C=CCn1c(C(C)Oc2ccccc2-c2ccccc2)n[nH]c1=S. The van der Waals surface area contributed by atoms with E-state index in [1.807, 2.05) is 47.9 Å². The molecule has 4 nitrogen and oxygen atoms in total. The third kappa shape index (κ3) is 3.31. The number of nitrogens with one attached hydrogen (secondary N) is 1. The Labute approximate surface area is 146 Å². The zero-order chi connectivity index (χ0) is 16.9. The number of nitrogens with zero attached hydrogens (tertiary/aromatic N) is 2. The van der Waals surface area contributed by atoms with Crippen molar-refractivity contribution >= 4 is 12.2 Å². The first-order valence-corrected chi connectivity index (χ1v) is 8.18. The number of rotatable bonds is 6. The molecule has 1 atom stereocenters. The molecule has 24 heavy (non-hydrogen) atoms. The maximum Gasteiger partial charge on any atom is 0.195 e. The van der Waals surface area contributed by atoms with Crippen LogP contribution in [0, 0.1) is 4.77 Å². The number of H-pyrrole nitrogens is 1. The molecule has 0 fully saturated rings. The lowest BCUT2D eigenvalue weighted by molar-refractivity contribution is 0.212. The van der Waals surface area contributed by atoms with Crippen molar-refractivity contribution in [1.29, 1.82) is 0 Å². The van der Waals surface area contributed by atoms with Crippen molar-refractivity contribution in [3.05, 3.63) is 77.8 Å². The average Bonchev–Trinajstić information content (AvgIpc) is 2.97. The lowest BCUT2D eigenvalue weighted by atomic mass is 10.0. The fraction of sp³-hybridized carbons (Fsp3) is 0.158. The molecule has 1 aromatic heterocycles. The Morgan fingerprint density at radius 3 is 2.67 bits per heavy atom. The van der Waals surface area contributed by atoms with E-state index in [1.165, 1.54) is 0 Å². The van der Waals surface area contributed by atoms with E-state index in [0.717, 1.165) is 22.7 Å². The van der Waals surface area contributed by atoms with Crippen LogP contribution in [0.2, 0.25) is 0 Å². The van der Waals surface area contributed by atoms with Gasteiger partial charge in [0.15, 0.2) is 16.7 Å². The molecule has 0 spiro atoms. The van der Waals surface area contributed by atoms with Crippen molar-refractivity contribution in [2.24, 2.45) is 0 Å². The van der Waals surface area contributed by atoms with Gasteiger partial charge >= 0.3 is 0 Å². The van der Waals surface area contributed by atoms with Gasteiger partial charge in [-0.2, -0.15) is 5.10 Å². The Morgan fingerprint density at radius 2 is 1.92 bits per heavy atom. The molecule has 0 aliphatic heterocycles. The number of benzene rings is 2. The molecule has 0 aliphatic rings. The van der Waals surface area contributed by atoms with Crippen LogP contribution in [-0.4, -0.2) is 14.8 Å². The lowest BCUT2D eigenvalue weighted by Crippen LogP contribution is -2.12. The first-order chi connectivity index (χ1) is 11.7. The van der Waals surface area contributed by atoms with Crippen LogP contribution >= 0.6 is 12.2 Å². The van der Waals surface area contributed by atoms with Crippen LogP contribution in [0.5, 0.6) is 5.75 Å². The van der Waals surface area contributed by atoms with Gasteiger partial charge in [0.05, 0.1) is 0 Å². The largest absolute Gasteiger partial charge is 0.482 e. The highest BCUT2D eigenvalue weighted by Crippen LogP contribution is 2.32. The first kappa shape index (κ1) is 16.2. The Hall–Kier alpha value is -2.66. The van der Waals surface area contributed by atoms with Crippen LogP contribution in [0.4, 0.5) is 0 Å². The minimum Gasteiger partial charge on any atom is -0.482 e. The van der Waals surface area contributed by atoms with Crippen LogP contribution in [-0.2, 0) is 6.54 Å². The third-order valence-electron chi connectivity index (χ3n) is 3.74. The molecule has 0 aliphatic carbocycles. The maximum atomic E-state index is 6.20. The molecule has 5 heteroatoms. The van der Waals surface area contributed by atoms with Gasteiger partial charge in [-0.25, -0.2) is 0 Å². The van der Waals surface area contributed by atoms with Crippen molar-refractivity contribution in [2.75, 3.05) is 0 Å². The highest BCUT2D eigenvalue weighted by molar-refractivity contribution is 7.71. The topological polar surface area (TPSA) is 42.8 Å². The molecular formula is C19H19N3OS. The van der Waals surface area contributed by atoms with Gasteiger partial charge in [-0.1, -0.05) is 54.6 Å². The molecule has 0 amide bonds. The van der Waals surface area contributed by atoms with Gasteiger partial charge in [0.25, 0.3) is 0 Å². The molecule has 0 saturated heterocycles. The average molecular weight is 337 g/mol. The molecule has 0 saturated carbocycles. The van der Waals surface area contributed by atoms with E-state index < -0.39 is 0 Å². The number of aromatic amines is 1. The quantitative estimate of drug-likeness (QED) is 0.512. The van der Waals surface area contributed by atoms with Gasteiger partial charge in [-0.3, -0.25) is 9.67 Å². The Bertz CT molecular complexity index is 883. The van der Waals surface area contributed by atoms with Crippen molar-refractivity contribution < 1.29 is 4.74 Å². The van der Waals surface area contributed by atoms with Gasteiger partial charge in [0.1, 0.15) is 5.75 Å². The van der Waals surface area contributed by atoms with Crippen LogP contribution in [0.1, 0.15) is 18.9 Å². The highest BCUT2D eigenvalue weighted by atomic mass is 32.1. The first-order valence-electron chi connectivity index (χ1n) is 7.78. The Kier molecular flexibility index (Phi) is 4.91. The smallest absolute Gasteiger partial charge is 0.195 e. The fourth-order valence-electron chi connectivity index (χ4n) is 2.61. The standard InChI is InChI=1S/C19H19N3OS/c1-3-13-22-18(20-21-19(22)24)14(2)23-17-12-8-7-11-16(17)15-9-5-4-6-10-15/h3-12,14H,1,13H2,2H3,(H,21,24).